The summed E-state index contributed by atoms with van der Waals surface area (Å²) in [7, 11) is 1.89. The molecular weight excluding hydrogens is 264 g/mol. The molecule has 1 heterocycles. The van der Waals surface area contributed by atoms with E-state index in [-0.39, 0.29) is 18.8 Å². The average Bonchev–Trinajstić information content (AvgIpc) is 2.83. The molecular formula is C17H16N2O2. The van der Waals surface area contributed by atoms with E-state index in [0.717, 1.165) is 16.6 Å². The molecule has 0 atom stereocenters. The molecule has 2 aromatic carbocycles. The molecule has 0 bridgehead atoms. The van der Waals surface area contributed by atoms with Crippen LogP contribution in [0.25, 0.3) is 10.9 Å². The number of benzene rings is 2. The van der Waals surface area contributed by atoms with E-state index < -0.39 is 0 Å². The van der Waals surface area contributed by atoms with Gasteiger partial charge in [0.25, 0.3) is 0 Å². The second-order valence-corrected chi connectivity index (χ2v) is 4.90. The Bertz CT molecular complexity index is 763. The van der Waals surface area contributed by atoms with Crippen LogP contribution in [-0.4, -0.2) is 22.2 Å². The second kappa shape index (κ2) is 5.79. The molecule has 0 saturated carbocycles. The van der Waals surface area contributed by atoms with Gasteiger partial charge in [-0.15, -0.1) is 0 Å². The first-order chi connectivity index (χ1) is 10.2. The number of carbonyl (C=O) groups excluding carboxylic acids is 1. The van der Waals surface area contributed by atoms with Gasteiger partial charge in [0.2, 0.25) is 0 Å². The molecule has 3 rings (SSSR count). The number of aromatic nitrogens is 2. The number of aryl methyl sites for hydroxylation is 1. The predicted octanol–water partition coefficient (Wildman–Crippen LogP) is 2.76. The van der Waals surface area contributed by atoms with Crippen LogP contribution in [0.5, 0.6) is 5.75 Å². The van der Waals surface area contributed by atoms with Crippen LogP contribution in [0, 0.1) is 0 Å². The molecule has 4 nitrogen and oxygen atoms in total. The van der Waals surface area contributed by atoms with E-state index in [1.54, 1.807) is 4.68 Å². The molecule has 0 fully saturated rings. The van der Waals surface area contributed by atoms with Crippen molar-refractivity contribution in [3.8, 4) is 5.75 Å². The van der Waals surface area contributed by atoms with Crippen molar-refractivity contribution in [2.75, 3.05) is 6.61 Å². The zero-order chi connectivity index (χ0) is 14.7. The number of para-hydroxylation sites is 2. The highest BCUT2D eigenvalue weighted by Gasteiger charge is 2.12. The van der Waals surface area contributed by atoms with Gasteiger partial charge in [-0.05, 0) is 18.2 Å². The van der Waals surface area contributed by atoms with Crippen molar-refractivity contribution >= 4 is 16.7 Å². The van der Waals surface area contributed by atoms with Gasteiger partial charge in [-0.3, -0.25) is 9.48 Å². The lowest BCUT2D eigenvalue weighted by Crippen LogP contribution is -2.14. The lowest BCUT2D eigenvalue weighted by Gasteiger charge is -2.04. The number of hydrogen-bond donors (Lipinski definition) is 0. The minimum atomic E-state index is 0.0164. The summed E-state index contributed by atoms with van der Waals surface area (Å²) in [6, 6.07) is 17.3. The molecule has 0 aliphatic heterocycles. The van der Waals surface area contributed by atoms with Crippen molar-refractivity contribution in [3.05, 3.63) is 60.3 Å². The van der Waals surface area contributed by atoms with Crippen LogP contribution in [0.3, 0.4) is 0 Å². The quantitative estimate of drug-likeness (QED) is 0.722. The van der Waals surface area contributed by atoms with E-state index in [1.165, 1.54) is 0 Å². The summed E-state index contributed by atoms with van der Waals surface area (Å²) in [5, 5.41) is 5.45. The van der Waals surface area contributed by atoms with Gasteiger partial charge in [0.15, 0.2) is 5.78 Å². The minimum absolute atomic E-state index is 0.0164. The van der Waals surface area contributed by atoms with Gasteiger partial charge in [-0.25, -0.2) is 0 Å². The topological polar surface area (TPSA) is 44.1 Å². The highest BCUT2D eigenvalue weighted by Crippen LogP contribution is 2.18. The van der Waals surface area contributed by atoms with Crippen molar-refractivity contribution in [2.45, 2.75) is 6.42 Å². The summed E-state index contributed by atoms with van der Waals surface area (Å²) >= 11 is 0. The molecule has 0 aliphatic rings. The van der Waals surface area contributed by atoms with Gasteiger partial charge in [0.05, 0.1) is 17.6 Å². The zero-order valence-electron chi connectivity index (χ0n) is 11.8. The highest BCUT2D eigenvalue weighted by atomic mass is 16.5. The molecule has 106 valence electrons. The van der Waals surface area contributed by atoms with Gasteiger partial charge < -0.3 is 4.74 Å². The predicted molar refractivity (Wildman–Crippen MR) is 81.4 cm³/mol. The second-order valence-electron chi connectivity index (χ2n) is 4.90. The Balaban J connectivity index is 1.69. The lowest BCUT2D eigenvalue weighted by molar-refractivity contribution is -0.120. The smallest absolute Gasteiger partial charge is 0.176 e. The summed E-state index contributed by atoms with van der Waals surface area (Å²) in [5.41, 5.74) is 1.83. The van der Waals surface area contributed by atoms with E-state index in [0.29, 0.717) is 5.75 Å². The van der Waals surface area contributed by atoms with Gasteiger partial charge in [0, 0.05) is 12.4 Å². The highest BCUT2D eigenvalue weighted by molar-refractivity contribution is 5.89. The molecule has 0 N–H and O–H groups in total. The SMILES string of the molecule is Cn1nc(CC(=O)COc2ccccc2)c2ccccc21. The number of carbonyl (C=O) groups is 1. The first kappa shape index (κ1) is 13.4. The summed E-state index contributed by atoms with van der Waals surface area (Å²) in [6.45, 7) is 0.0644. The fourth-order valence-electron chi connectivity index (χ4n) is 2.34. The van der Waals surface area contributed by atoms with E-state index in [1.807, 2.05) is 61.6 Å². The summed E-state index contributed by atoms with van der Waals surface area (Å²) in [6.07, 6.45) is 0.286. The number of Topliss-reactive ketones (excluding diaryl/α,β-unsaturated/α-hetero) is 1. The van der Waals surface area contributed by atoms with E-state index >= 15 is 0 Å². The van der Waals surface area contributed by atoms with Crippen LogP contribution in [-0.2, 0) is 18.3 Å². The molecule has 1 aromatic heterocycles. The third kappa shape index (κ3) is 2.94. The molecule has 4 heteroatoms. The third-order valence-corrected chi connectivity index (χ3v) is 3.34. The van der Waals surface area contributed by atoms with Crippen molar-refractivity contribution in [2.24, 2.45) is 7.05 Å². The normalized spacial score (nSPS) is 10.7. The van der Waals surface area contributed by atoms with Crippen molar-refractivity contribution in [3.63, 3.8) is 0 Å². The van der Waals surface area contributed by atoms with Gasteiger partial charge in [-0.1, -0.05) is 36.4 Å². The fraction of sp³-hybridized carbons (Fsp3) is 0.176. The number of hydrogen-bond acceptors (Lipinski definition) is 3. The molecule has 0 radical (unpaired) electrons. The van der Waals surface area contributed by atoms with Crippen molar-refractivity contribution in [1.29, 1.82) is 0 Å². The van der Waals surface area contributed by atoms with Crippen LogP contribution in [0.2, 0.25) is 0 Å². The van der Waals surface area contributed by atoms with Crippen LogP contribution in [0.4, 0.5) is 0 Å². The molecule has 21 heavy (non-hydrogen) atoms. The maximum absolute atomic E-state index is 12.1. The summed E-state index contributed by atoms with van der Waals surface area (Å²) < 4.78 is 7.28. The zero-order valence-corrected chi connectivity index (χ0v) is 11.8. The molecule has 0 aliphatic carbocycles. The largest absolute Gasteiger partial charge is 0.486 e. The third-order valence-electron chi connectivity index (χ3n) is 3.34. The van der Waals surface area contributed by atoms with E-state index in [4.69, 9.17) is 4.74 Å². The first-order valence-corrected chi connectivity index (χ1v) is 6.84. The number of fused-ring (bicyclic) bond motifs is 1. The van der Waals surface area contributed by atoms with Crippen LogP contribution >= 0.6 is 0 Å². The molecule has 3 aromatic rings. The Hall–Kier alpha value is -2.62. The van der Waals surface area contributed by atoms with Crippen molar-refractivity contribution < 1.29 is 9.53 Å². The number of rotatable bonds is 5. The van der Waals surface area contributed by atoms with Crippen LogP contribution in [0.15, 0.2) is 54.6 Å². The van der Waals surface area contributed by atoms with E-state index in [9.17, 15) is 4.79 Å². The minimum Gasteiger partial charge on any atom is -0.486 e. The van der Waals surface area contributed by atoms with Gasteiger partial charge in [-0.2, -0.15) is 5.10 Å². The lowest BCUT2D eigenvalue weighted by atomic mass is 10.1. The first-order valence-electron chi connectivity index (χ1n) is 6.84. The summed E-state index contributed by atoms with van der Waals surface area (Å²) in [4.78, 5) is 12.1. The van der Waals surface area contributed by atoms with Crippen LogP contribution in [0.1, 0.15) is 5.69 Å². The molecule has 0 saturated heterocycles. The Morgan fingerprint density at radius 2 is 1.81 bits per heavy atom. The van der Waals surface area contributed by atoms with Crippen LogP contribution < -0.4 is 4.74 Å². The number of ether oxygens (including phenoxy) is 1. The van der Waals surface area contributed by atoms with E-state index in [2.05, 4.69) is 5.10 Å². The average molecular weight is 280 g/mol. The maximum Gasteiger partial charge on any atom is 0.176 e. The summed E-state index contributed by atoms with van der Waals surface area (Å²) in [5.74, 6) is 0.722. The monoisotopic (exact) mass is 280 g/mol. The Kier molecular flexibility index (Phi) is 3.69. The van der Waals surface area contributed by atoms with Gasteiger partial charge in [0.1, 0.15) is 12.4 Å². The molecule has 0 unspecified atom stereocenters. The Morgan fingerprint density at radius 1 is 1.10 bits per heavy atom. The standard InChI is InChI=1S/C17H16N2O2/c1-19-17-10-6-5-9-15(17)16(18-19)11-13(20)12-21-14-7-3-2-4-8-14/h2-10H,11-12H2,1H3. The van der Waals surface area contributed by atoms with Crippen molar-refractivity contribution in [1.82, 2.24) is 9.78 Å². The fourth-order valence-corrected chi connectivity index (χ4v) is 2.34. The van der Waals surface area contributed by atoms with Gasteiger partial charge >= 0.3 is 0 Å². The Labute approximate surface area is 123 Å². The Morgan fingerprint density at radius 3 is 2.62 bits per heavy atom. The number of ketones is 1. The maximum atomic E-state index is 12.1. The molecule has 0 amide bonds. The molecule has 0 spiro atoms. The number of nitrogens with zero attached hydrogens (tertiary/aromatic N) is 2.